The number of hydrogen-bond acceptors (Lipinski definition) is 4. The average molecular weight is 337 g/mol. The van der Waals surface area contributed by atoms with E-state index in [1.165, 1.54) is 22.7 Å². The molecule has 0 saturated heterocycles. The standard InChI is InChI=1S/C16H23N3O3S/c1-19-8-7-11-12(9-19)23-14(13(11)15(20)21)18-16(22)17-10-5-3-2-4-6-10/h10H,2-9H2,1H3,(H,20,21)(H2,17,18,22). The van der Waals surface area contributed by atoms with Crippen molar-refractivity contribution in [2.24, 2.45) is 0 Å². The monoisotopic (exact) mass is 337 g/mol. The summed E-state index contributed by atoms with van der Waals surface area (Å²) in [5, 5.41) is 17.7. The Hall–Kier alpha value is -1.60. The molecule has 1 atom stereocenters. The van der Waals surface area contributed by atoms with Gasteiger partial charge in [-0.2, -0.15) is 0 Å². The van der Waals surface area contributed by atoms with Crippen LogP contribution < -0.4 is 20.6 Å². The summed E-state index contributed by atoms with van der Waals surface area (Å²) in [6.45, 7) is 1.70. The average Bonchev–Trinajstić information content (AvgIpc) is 2.84. The van der Waals surface area contributed by atoms with Gasteiger partial charge in [0.2, 0.25) is 0 Å². The maximum Gasteiger partial charge on any atom is 0.320 e. The third kappa shape index (κ3) is 3.67. The van der Waals surface area contributed by atoms with Crippen molar-refractivity contribution in [3.8, 4) is 0 Å². The van der Waals surface area contributed by atoms with Gasteiger partial charge in [-0.25, -0.2) is 4.79 Å². The molecule has 3 N–H and O–H groups in total. The summed E-state index contributed by atoms with van der Waals surface area (Å²) >= 11 is 1.37. The molecule has 1 fully saturated rings. The molecule has 23 heavy (non-hydrogen) atoms. The number of carbonyl (C=O) groups excluding carboxylic acids is 2. The summed E-state index contributed by atoms with van der Waals surface area (Å²) in [5.41, 5.74) is 1.02. The summed E-state index contributed by atoms with van der Waals surface area (Å²) in [4.78, 5) is 26.1. The van der Waals surface area contributed by atoms with Gasteiger partial charge in [0.25, 0.3) is 0 Å². The zero-order valence-corrected chi connectivity index (χ0v) is 14.2. The summed E-state index contributed by atoms with van der Waals surface area (Å²) in [7, 11) is 2.09. The first-order valence-electron chi connectivity index (χ1n) is 8.29. The van der Waals surface area contributed by atoms with Crippen LogP contribution >= 0.6 is 11.3 Å². The van der Waals surface area contributed by atoms with Crippen molar-refractivity contribution < 1.29 is 19.6 Å². The van der Waals surface area contributed by atoms with Gasteiger partial charge in [-0.3, -0.25) is 5.32 Å². The number of hydrogen-bond donors (Lipinski definition) is 3. The molecule has 6 nitrogen and oxygen atoms in total. The Kier molecular flexibility index (Phi) is 4.87. The number of rotatable bonds is 3. The van der Waals surface area contributed by atoms with Gasteiger partial charge in [0.05, 0.1) is 24.4 Å². The van der Waals surface area contributed by atoms with Crippen molar-refractivity contribution >= 4 is 28.3 Å². The molecule has 2 heterocycles. The van der Waals surface area contributed by atoms with Crippen LogP contribution in [0.4, 0.5) is 9.80 Å². The second-order valence-corrected chi connectivity index (χ2v) is 7.67. The van der Waals surface area contributed by atoms with E-state index in [2.05, 4.69) is 17.7 Å². The van der Waals surface area contributed by atoms with E-state index in [0.29, 0.717) is 11.4 Å². The maximum absolute atomic E-state index is 12.2. The van der Waals surface area contributed by atoms with E-state index in [0.717, 1.165) is 49.2 Å². The molecule has 1 saturated carbocycles. The first kappa shape index (κ1) is 16.3. The smallest absolute Gasteiger partial charge is 0.320 e. The Morgan fingerprint density at radius 3 is 2.70 bits per heavy atom. The van der Waals surface area contributed by atoms with Crippen LogP contribution in [0.2, 0.25) is 0 Å². The number of urea groups is 1. The lowest BCUT2D eigenvalue weighted by molar-refractivity contribution is -0.895. The van der Waals surface area contributed by atoms with Crippen LogP contribution in [0.3, 0.4) is 0 Å². The van der Waals surface area contributed by atoms with Crippen molar-refractivity contribution in [2.75, 3.05) is 18.9 Å². The van der Waals surface area contributed by atoms with Crippen LogP contribution in [-0.4, -0.2) is 31.6 Å². The van der Waals surface area contributed by atoms with Gasteiger partial charge in [-0.15, -0.1) is 11.3 Å². The molecule has 7 heteroatoms. The molecule has 0 aromatic carbocycles. The first-order chi connectivity index (χ1) is 11.0. The lowest BCUT2D eigenvalue weighted by atomic mass is 9.96. The van der Waals surface area contributed by atoms with E-state index < -0.39 is 5.97 Å². The van der Waals surface area contributed by atoms with Gasteiger partial charge >= 0.3 is 6.03 Å². The van der Waals surface area contributed by atoms with Crippen LogP contribution in [0.15, 0.2) is 0 Å². The summed E-state index contributed by atoms with van der Waals surface area (Å²) in [5.74, 6) is -1.20. The predicted molar refractivity (Wildman–Crippen MR) is 86.8 cm³/mol. The van der Waals surface area contributed by atoms with Gasteiger partial charge < -0.3 is 20.1 Å². The van der Waals surface area contributed by atoms with Crippen molar-refractivity contribution in [2.45, 2.75) is 51.1 Å². The number of carboxylic acid groups (broad SMARTS) is 1. The third-order valence-corrected chi connectivity index (χ3v) is 5.87. The highest BCUT2D eigenvalue weighted by molar-refractivity contribution is 7.16. The summed E-state index contributed by atoms with van der Waals surface area (Å²) in [6, 6.07) is -0.112. The maximum atomic E-state index is 12.2. The molecule has 1 aliphatic carbocycles. The van der Waals surface area contributed by atoms with E-state index in [9.17, 15) is 14.7 Å². The number of quaternary nitrogens is 1. The van der Waals surface area contributed by atoms with Gasteiger partial charge in [0.15, 0.2) is 0 Å². The minimum Gasteiger partial charge on any atom is -0.545 e. The molecule has 126 valence electrons. The van der Waals surface area contributed by atoms with Crippen LogP contribution in [0.5, 0.6) is 0 Å². The van der Waals surface area contributed by atoms with E-state index in [4.69, 9.17) is 0 Å². The molecule has 2 amide bonds. The molecule has 1 aromatic heterocycles. The zero-order chi connectivity index (χ0) is 16.4. The van der Waals surface area contributed by atoms with Crippen molar-refractivity contribution in [1.29, 1.82) is 0 Å². The number of carboxylic acids is 1. The van der Waals surface area contributed by atoms with Gasteiger partial charge in [0, 0.05) is 18.0 Å². The Balaban J connectivity index is 1.74. The Morgan fingerprint density at radius 2 is 2.00 bits per heavy atom. The van der Waals surface area contributed by atoms with Crippen molar-refractivity contribution in [3.05, 3.63) is 16.0 Å². The molecule has 1 aromatic rings. The minimum atomic E-state index is -1.20. The fraction of sp³-hybridized carbons (Fsp3) is 0.625. The molecule has 0 spiro atoms. The number of fused-ring (bicyclic) bond motifs is 1. The summed E-state index contributed by atoms with van der Waals surface area (Å²) in [6.07, 6.45) is 6.20. The largest absolute Gasteiger partial charge is 0.545 e. The number of nitrogens with one attached hydrogen (secondary N) is 3. The highest BCUT2D eigenvalue weighted by atomic mass is 32.1. The molecule has 1 unspecified atom stereocenters. The molecule has 3 rings (SSSR count). The number of thiophene rings is 1. The Morgan fingerprint density at radius 1 is 1.26 bits per heavy atom. The molecule has 0 bridgehead atoms. The van der Waals surface area contributed by atoms with E-state index >= 15 is 0 Å². The third-order valence-electron chi connectivity index (χ3n) is 4.73. The molecule has 0 radical (unpaired) electrons. The van der Waals surface area contributed by atoms with Crippen molar-refractivity contribution in [3.63, 3.8) is 0 Å². The van der Waals surface area contributed by atoms with E-state index in [1.807, 2.05) is 0 Å². The van der Waals surface area contributed by atoms with E-state index in [1.54, 1.807) is 0 Å². The van der Waals surface area contributed by atoms with Crippen molar-refractivity contribution in [1.82, 2.24) is 5.32 Å². The Labute approximate surface area is 139 Å². The number of carbonyl (C=O) groups is 2. The Bertz CT molecular complexity index is 608. The number of aromatic carboxylic acids is 1. The van der Waals surface area contributed by atoms with Crippen LogP contribution in [0.25, 0.3) is 0 Å². The number of amides is 2. The van der Waals surface area contributed by atoms with Gasteiger partial charge in [0.1, 0.15) is 11.5 Å². The first-order valence-corrected chi connectivity index (χ1v) is 9.11. The predicted octanol–water partition coefficient (Wildman–Crippen LogP) is 0.137. The molecule has 1 aliphatic heterocycles. The van der Waals surface area contributed by atoms with E-state index in [-0.39, 0.29) is 17.6 Å². The highest BCUT2D eigenvalue weighted by Gasteiger charge is 2.26. The lowest BCUT2D eigenvalue weighted by Crippen LogP contribution is -3.08. The van der Waals surface area contributed by atoms with Gasteiger partial charge in [-0.1, -0.05) is 19.3 Å². The number of anilines is 1. The second-order valence-electron chi connectivity index (χ2n) is 6.56. The lowest BCUT2D eigenvalue weighted by Gasteiger charge is -2.23. The minimum absolute atomic E-state index is 0.177. The zero-order valence-electron chi connectivity index (χ0n) is 13.4. The highest BCUT2D eigenvalue weighted by Crippen LogP contribution is 2.34. The molecule has 2 aliphatic rings. The van der Waals surface area contributed by atoms with Gasteiger partial charge in [-0.05, 0) is 18.4 Å². The fourth-order valence-electron chi connectivity index (χ4n) is 3.50. The quantitative estimate of drug-likeness (QED) is 0.733. The number of likely N-dealkylation sites (N-methyl/N-ethyl adjacent to an activating group) is 1. The normalized spacial score (nSPS) is 21.5. The summed E-state index contributed by atoms with van der Waals surface area (Å²) < 4.78 is 0. The second kappa shape index (κ2) is 6.88. The topological polar surface area (TPSA) is 85.7 Å². The SMILES string of the molecule is C[NH+]1CCc2c(sc(NC(=O)NC3CCCCC3)c2C(=O)[O-])C1. The molecular formula is C16H23N3O3S. The van der Waals surface area contributed by atoms with Crippen LogP contribution in [0, 0.1) is 0 Å². The molecular weight excluding hydrogens is 314 g/mol. The van der Waals surface area contributed by atoms with Crippen LogP contribution in [-0.2, 0) is 13.0 Å². The van der Waals surface area contributed by atoms with Crippen LogP contribution in [0.1, 0.15) is 52.9 Å². The fourth-order valence-corrected chi connectivity index (χ4v) is 4.84.